The summed E-state index contributed by atoms with van der Waals surface area (Å²) in [5.41, 5.74) is 4.44. The third kappa shape index (κ3) is 1.21. The van der Waals surface area contributed by atoms with Crippen molar-refractivity contribution in [3.63, 3.8) is 0 Å². The first kappa shape index (κ1) is 9.22. The maximum atomic E-state index is 9.91. The minimum Gasteiger partial charge on any atom is -0.512 e. The highest BCUT2D eigenvalue weighted by Gasteiger charge is 2.39. The number of fused-ring (bicyclic) bond motifs is 2. The zero-order valence-electron chi connectivity index (χ0n) is 9.09. The van der Waals surface area contributed by atoms with Gasteiger partial charge < -0.3 is 10.4 Å². The molecule has 1 aliphatic heterocycles. The molecule has 3 rings (SSSR count). The molecule has 0 bridgehead atoms. The summed E-state index contributed by atoms with van der Waals surface area (Å²) in [5.74, 6) is 1.56. The molecule has 3 aliphatic rings. The second-order valence-electron chi connectivity index (χ2n) is 4.69. The van der Waals surface area contributed by atoms with Crippen LogP contribution in [0.3, 0.4) is 0 Å². The summed E-state index contributed by atoms with van der Waals surface area (Å²) in [5, 5.41) is 13.3. The summed E-state index contributed by atoms with van der Waals surface area (Å²) in [6.07, 6.45) is 6.17. The van der Waals surface area contributed by atoms with Gasteiger partial charge in [0.2, 0.25) is 0 Å². The van der Waals surface area contributed by atoms with Crippen LogP contribution in [0.5, 0.6) is 0 Å². The normalized spacial score (nSPS) is 33.7. The van der Waals surface area contributed by atoms with Gasteiger partial charge in [0.15, 0.2) is 0 Å². The second-order valence-corrected chi connectivity index (χ2v) is 4.69. The lowest BCUT2D eigenvalue weighted by molar-refractivity contribution is 0.336. The first-order chi connectivity index (χ1) is 7.31. The Kier molecular flexibility index (Phi) is 1.99. The quantitative estimate of drug-likeness (QED) is 0.685. The molecule has 2 heteroatoms. The van der Waals surface area contributed by atoms with Crippen LogP contribution in [0.1, 0.15) is 19.8 Å². The fourth-order valence-electron chi connectivity index (χ4n) is 3.21. The summed E-state index contributed by atoms with van der Waals surface area (Å²) in [6.45, 7) is 4.32. The van der Waals surface area contributed by atoms with E-state index in [9.17, 15) is 5.11 Å². The smallest absolute Gasteiger partial charge is 0.0997 e. The molecule has 2 N–H and O–H groups in total. The Bertz CT molecular complexity index is 389. The van der Waals surface area contributed by atoms with Crippen LogP contribution in [-0.4, -0.2) is 18.2 Å². The molecule has 0 aromatic heterocycles. The number of aliphatic hydroxyl groups excluding tert-OH is 1. The summed E-state index contributed by atoms with van der Waals surface area (Å²) >= 11 is 0. The number of nitrogens with one attached hydrogen (secondary N) is 1. The molecule has 0 radical (unpaired) electrons. The average molecular weight is 203 g/mol. The zero-order chi connectivity index (χ0) is 10.4. The maximum Gasteiger partial charge on any atom is 0.0997 e. The molecule has 2 nitrogen and oxygen atoms in total. The van der Waals surface area contributed by atoms with E-state index in [1.54, 1.807) is 5.57 Å². The van der Waals surface area contributed by atoms with Crippen molar-refractivity contribution in [2.24, 2.45) is 11.8 Å². The lowest BCUT2D eigenvalue weighted by atomic mass is 9.86. The third-order valence-corrected chi connectivity index (χ3v) is 3.95. The molecule has 1 fully saturated rings. The van der Waals surface area contributed by atoms with Gasteiger partial charge in [0.25, 0.3) is 0 Å². The van der Waals surface area contributed by atoms with E-state index < -0.39 is 0 Å². The summed E-state index contributed by atoms with van der Waals surface area (Å²) < 4.78 is 0. The van der Waals surface area contributed by atoms with Crippen molar-refractivity contribution in [2.45, 2.75) is 19.8 Å². The van der Waals surface area contributed by atoms with Crippen LogP contribution >= 0.6 is 0 Å². The number of aliphatic hydroxyl groups is 1. The molecular weight excluding hydrogens is 186 g/mol. The van der Waals surface area contributed by atoms with E-state index in [2.05, 4.69) is 18.3 Å². The number of rotatable bonds is 1. The van der Waals surface area contributed by atoms with Crippen molar-refractivity contribution >= 4 is 0 Å². The minimum absolute atomic E-state index is 0.312. The van der Waals surface area contributed by atoms with Crippen LogP contribution in [0.4, 0.5) is 0 Å². The lowest BCUT2D eigenvalue weighted by Crippen LogP contribution is -2.15. The topological polar surface area (TPSA) is 32.3 Å². The van der Waals surface area contributed by atoms with Crippen LogP contribution < -0.4 is 5.32 Å². The van der Waals surface area contributed by atoms with Gasteiger partial charge >= 0.3 is 0 Å². The Morgan fingerprint density at radius 2 is 2.33 bits per heavy atom. The highest BCUT2D eigenvalue weighted by atomic mass is 16.3. The van der Waals surface area contributed by atoms with Crippen molar-refractivity contribution in [2.75, 3.05) is 13.1 Å². The van der Waals surface area contributed by atoms with Crippen molar-refractivity contribution in [3.8, 4) is 0 Å². The number of hydrogen-bond donors (Lipinski definition) is 2. The van der Waals surface area contributed by atoms with Gasteiger partial charge in [-0.3, -0.25) is 0 Å². The predicted octanol–water partition coefficient (Wildman–Crippen LogP) is 2.31. The van der Waals surface area contributed by atoms with Gasteiger partial charge in [0, 0.05) is 19.0 Å². The molecule has 80 valence electrons. The Morgan fingerprint density at radius 3 is 3.13 bits per heavy atom. The SMILES string of the molecule is CCC1=CC=C(O)C2CC3CNCC3=C12. The third-order valence-electron chi connectivity index (χ3n) is 3.95. The number of hydrogen-bond acceptors (Lipinski definition) is 2. The van der Waals surface area contributed by atoms with Gasteiger partial charge in [-0.25, -0.2) is 0 Å². The van der Waals surface area contributed by atoms with E-state index in [4.69, 9.17) is 0 Å². The molecule has 15 heavy (non-hydrogen) atoms. The summed E-state index contributed by atoms with van der Waals surface area (Å²) in [4.78, 5) is 0. The molecule has 0 aromatic rings. The van der Waals surface area contributed by atoms with Gasteiger partial charge in [0.05, 0.1) is 5.76 Å². The first-order valence-corrected chi connectivity index (χ1v) is 5.85. The Balaban J connectivity index is 2.09. The molecule has 0 spiro atoms. The largest absolute Gasteiger partial charge is 0.512 e. The molecule has 0 saturated carbocycles. The molecule has 2 aliphatic carbocycles. The monoisotopic (exact) mass is 203 g/mol. The van der Waals surface area contributed by atoms with Crippen LogP contribution in [0.2, 0.25) is 0 Å². The van der Waals surface area contributed by atoms with Crippen molar-refractivity contribution in [1.82, 2.24) is 5.32 Å². The van der Waals surface area contributed by atoms with Crippen LogP contribution in [0, 0.1) is 11.8 Å². The summed E-state index contributed by atoms with van der Waals surface area (Å²) in [7, 11) is 0. The van der Waals surface area contributed by atoms with E-state index in [0.29, 0.717) is 17.6 Å². The van der Waals surface area contributed by atoms with Crippen LogP contribution in [-0.2, 0) is 0 Å². The first-order valence-electron chi connectivity index (χ1n) is 5.85. The summed E-state index contributed by atoms with van der Waals surface area (Å²) in [6, 6.07) is 0. The minimum atomic E-state index is 0.312. The van der Waals surface area contributed by atoms with Gasteiger partial charge in [-0.1, -0.05) is 13.0 Å². The Morgan fingerprint density at radius 1 is 1.47 bits per heavy atom. The molecule has 0 aromatic carbocycles. The van der Waals surface area contributed by atoms with Gasteiger partial charge in [-0.05, 0) is 41.6 Å². The maximum absolute atomic E-state index is 9.91. The van der Waals surface area contributed by atoms with Gasteiger partial charge in [-0.15, -0.1) is 0 Å². The predicted molar refractivity (Wildman–Crippen MR) is 60.6 cm³/mol. The lowest BCUT2D eigenvalue weighted by Gasteiger charge is -2.21. The fourth-order valence-corrected chi connectivity index (χ4v) is 3.21. The average Bonchev–Trinajstić information content (AvgIpc) is 2.79. The fraction of sp³-hybridized carbons (Fsp3) is 0.538. The molecule has 1 saturated heterocycles. The molecule has 2 atom stereocenters. The second kappa shape index (κ2) is 3.24. The van der Waals surface area contributed by atoms with Crippen LogP contribution in [0.25, 0.3) is 0 Å². The van der Waals surface area contributed by atoms with Gasteiger partial charge in [-0.2, -0.15) is 0 Å². The Hall–Kier alpha value is -1.02. The van der Waals surface area contributed by atoms with Crippen molar-refractivity contribution in [3.05, 3.63) is 34.6 Å². The molecule has 1 heterocycles. The van der Waals surface area contributed by atoms with E-state index >= 15 is 0 Å². The standard InChI is InChI=1S/C13H17NO/c1-2-8-3-4-12(15)10-5-9-6-14-7-11(9)13(8)10/h3-4,9-10,14-15H,2,5-7H2,1H3. The molecule has 0 amide bonds. The molecular formula is C13H17NO. The molecule has 2 unspecified atom stereocenters. The van der Waals surface area contributed by atoms with E-state index in [0.717, 1.165) is 25.9 Å². The van der Waals surface area contributed by atoms with Crippen molar-refractivity contribution in [1.29, 1.82) is 0 Å². The van der Waals surface area contributed by atoms with Gasteiger partial charge in [0.1, 0.15) is 0 Å². The highest BCUT2D eigenvalue weighted by Crippen LogP contribution is 2.47. The van der Waals surface area contributed by atoms with E-state index in [1.165, 1.54) is 11.1 Å². The zero-order valence-corrected chi connectivity index (χ0v) is 9.09. The van der Waals surface area contributed by atoms with E-state index in [1.807, 2.05) is 6.08 Å². The number of allylic oxidation sites excluding steroid dienone is 4. The van der Waals surface area contributed by atoms with Crippen molar-refractivity contribution < 1.29 is 5.11 Å². The highest BCUT2D eigenvalue weighted by molar-refractivity contribution is 5.51. The van der Waals surface area contributed by atoms with E-state index in [-0.39, 0.29) is 0 Å². The Labute approximate surface area is 90.4 Å². The van der Waals surface area contributed by atoms with Crippen LogP contribution in [0.15, 0.2) is 34.6 Å².